The van der Waals surface area contributed by atoms with Gasteiger partial charge in [-0.15, -0.1) is 0 Å². The van der Waals surface area contributed by atoms with E-state index in [2.05, 4.69) is 15.3 Å². The van der Waals surface area contributed by atoms with Crippen molar-refractivity contribution in [2.45, 2.75) is 6.92 Å². The highest BCUT2D eigenvalue weighted by atomic mass is 16.2. The van der Waals surface area contributed by atoms with Crippen LogP contribution < -0.4 is 10.2 Å². The lowest BCUT2D eigenvalue weighted by Gasteiger charge is -2.18. The number of aryl methyl sites for hydroxylation is 1. The molecule has 2 aromatic rings. The number of carbonyl (C=O) groups excluding carboxylic acids is 1. The Morgan fingerprint density at radius 3 is 2.79 bits per heavy atom. The highest BCUT2D eigenvalue weighted by Crippen LogP contribution is 2.19. The molecule has 0 atom stereocenters. The second kappa shape index (κ2) is 5.48. The Morgan fingerprint density at radius 1 is 1.37 bits per heavy atom. The highest BCUT2D eigenvalue weighted by molar-refractivity contribution is 6.09. The molecular formula is C14H16N4O. The monoisotopic (exact) mass is 256 g/mol. The van der Waals surface area contributed by atoms with Crippen molar-refractivity contribution < 1.29 is 4.79 Å². The Labute approximate surface area is 112 Å². The fraction of sp³-hybridized carbons (Fsp3) is 0.214. The van der Waals surface area contributed by atoms with Crippen LogP contribution in [0.5, 0.6) is 0 Å². The molecule has 1 amide bonds. The van der Waals surface area contributed by atoms with Crippen LogP contribution in [0.2, 0.25) is 0 Å². The van der Waals surface area contributed by atoms with Crippen LogP contribution in [0, 0.1) is 6.92 Å². The van der Waals surface area contributed by atoms with Gasteiger partial charge in [0, 0.05) is 32.2 Å². The lowest BCUT2D eigenvalue weighted by Crippen LogP contribution is -2.27. The van der Waals surface area contributed by atoms with Crippen LogP contribution in [0.1, 0.15) is 16.1 Å². The van der Waals surface area contributed by atoms with Crippen LogP contribution in [0.25, 0.3) is 0 Å². The van der Waals surface area contributed by atoms with E-state index in [1.807, 2.05) is 19.1 Å². The van der Waals surface area contributed by atoms with E-state index in [0.29, 0.717) is 5.56 Å². The normalized spacial score (nSPS) is 10.1. The summed E-state index contributed by atoms with van der Waals surface area (Å²) in [5, 5.41) is 3.02. The van der Waals surface area contributed by atoms with Gasteiger partial charge >= 0.3 is 0 Å². The fourth-order valence-electron chi connectivity index (χ4n) is 1.79. The average molecular weight is 256 g/mol. The van der Waals surface area contributed by atoms with Crippen molar-refractivity contribution in [3.05, 3.63) is 48.0 Å². The number of hydrogen-bond acceptors (Lipinski definition) is 4. The molecule has 0 fully saturated rings. The standard InChI is InChI=1S/C14H16N4O/c1-10-7-13(15-2)12(9-17-10)14(19)18(3)11-5-4-6-16-8-11/h4-9H,1-3H3,(H,15,17). The first kappa shape index (κ1) is 13.0. The van der Waals surface area contributed by atoms with Crippen molar-refractivity contribution in [3.63, 3.8) is 0 Å². The molecule has 0 radical (unpaired) electrons. The number of carbonyl (C=O) groups is 1. The lowest BCUT2D eigenvalue weighted by molar-refractivity contribution is 0.0993. The minimum Gasteiger partial charge on any atom is -0.387 e. The van der Waals surface area contributed by atoms with Crippen molar-refractivity contribution in [1.82, 2.24) is 9.97 Å². The van der Waals surface area contributed by atoms with E-state index in [1.54, 1.807) is 43.7 Å². The van der Waals surface area contributed by atoms with Crippen molar-refractivity contribution in [1.29, 1.82) is 0 Å². The Bertz CT molecular complexity index is 583. The first-order chi connectivity index (χ1) is 9.13. The van der Waals surface area contributed by atoms with Crippen LogP contribution in [0.4, 0.5) is 11.4 Å². The van der Waals surface area contributed by atoms with Crippen LogP contribution in [0.15, 0.2) is 36.8 Å². The Balaban J connectivity index is 2.34. The lowest BCUT2D eigenvalue weighted by atomic mass is 10.2. The molecule has 0 aliphatic heterocycles. The molecule has 2 heterocycles. The van der Waals surface area contributed by atoms with E-state index >= 15 is 0 Å². The minimum atomic E-state index is -0.121. The number of nitrogens with zero attached hydrogens (tertiary/aromatic N) is 3. The fourth-order valence-corrected chi connectivity index (χ4v) is 1.79. The Hall–Kier alpha value is -2.43. The van der Waals surface area contributed by atoms with E-state index in [0.717, 1.165) is 17.1 Å². The van der Waals surface area contributed by atoms with Gasteiger partial charge in [-0.1, -0.05) is 0 Å². The molecule has 1 N–H and O–H groups in total. The number of aromatic nitrogens is 2. The summed E-state index contributed by atoms with van der Waals surface area (Å²) in [7, 11) is 3.51. The van der Waals surface area contributed by atoms with E-state index in [-0.39, 0.29) is 5.91 Å². The Kier molecular flexibility index (Phi) is 3.75. The highest BCUT2D eigenvalue weighted by Gasteiger charge is 2.17. The van der Waals surface area contributed by atoms with Crippen molar-refractivity contribution >= 4 is 17.3 Å². The largest absolute Gasteiger partial charge is 0.387 e. The van der Waals surface area contributed by atoms with E-state index in [4.69, 9.17) is 0 Å². The zero-order valence-corrected chi connectivity index (χ0v) is 11.2. The molecule has 0 bridgehead atoms. The van der Waals surface area contributed by atoms with Gasteiger partial charge < -0.3 is 10.2 Å². The molecule has 0 unspecified atom stereocenters. The van der Waals surface area contributed by atoms with E-state index in [9.17, 15) is 4.79 Å². The SMILES string of the molecule is CNc1cc(C)ncc1C(=O)N(C)c1cccnc1. The summed E-state index contributed by atoms with van der Waals surface area (Å²) >= 11 is 0. The maximum atomic E-state index is 12.5. The molecule has 0 spiro atoms. The van der Waals surface area contributed by atoms with Gasteiger partial charge in [-0.25, -0.2) is 0 Å². The minimum absolute atomic E-state index is 0.121. The van der Waals surface area contributed by atoms with Crippen molar-refractivity contribution in [2.24, 2.45) is 0 Å². The summed E-state index contributed by atoms with van der Waals surface area (Å²) in [4.78, 5) is 22.2. The molecule has 5 heteroatoms. The van der Waals surface area contributed by atoms with Crippen LogP contribution in [-0.4, -0.2) is 30.0 Å². The summed E-state index contributed by atoms with van der Waals surface area (Å²) in [5.41, 5.74) is 2.92. The number of amides is 1. The van der Waals surface area contributed by atoms with Gasteiger partial charge in [0.15, 0.2) is 0 Å². The predicted molar refractivity (Wildman–Crippen MR) is 75.5 cm³/mol. The Morgan fingerprint density at radius 2 is 2.16 bits per heavy atom. The first-order valence-corrected chi connectivity index (χ1v) is 5.96. The maximum Gasteiger partial charge on any atom is 0.261 e. The summed E-state index contributed by atoms with van der Waals surface area (Å²) in [6.07, 6.45) is 4.92. The molecule has 0 aromatic carbocycles. The smallest absolute Gasteiger partial charge is 0.261 e. The second-order valence-corrected chi connectivity index (χ2v) is 4.20. The molecule has 2 rings (SSSR count). The van der Waals surface area contributed by atoms with Gasteiger partial charge in [-0.05, 0) is 25.1 Å². The van der Waals surface area contributed by atoms with Gasteiger partial charge in [0.25, 0.3) is 5.91 Å². The van der Waals surface area contributed by atoms with Crippen LogP contribution >= 0.6 is 0 Å². The molecule has 5 nitrogen and oxygen atoms in total. The van der Waals surface area contributed by atoms with Crippen LogP contribution in [0.3, 0.4) is 0 Å². The number of rotatable bonds is 3. The van der Waals surface area contributed by atoms with Crippen molar-refractivity contribution in [2.75, 3.05) is 24.3 Å². The molecule has 2 aromatic heterocycles. The van der Waals surface area contributed by atoms with Gasteiger partial charge in [-0.3, -0.25) is 14.8 Å². The topological polar surface area (TPSA) is 58.1 Å². The summed E-state index contributed by atoms with van der Waals surface area (Å²) in [6.45, 7) is 1.89. The summed E-state index contributed by atoms with van der Waals surface area (Å²) in [5.74, 6) is -0.121. The molecule has 0 aliphatic rings. The van der Waals surface area contributed by atoms with Gasteiger partial charge in [0.1, 0.15) is 0 Å². The third kappa shape index (κ3) is 2.70. The van der Waals surface area contributed by atoms with E-state index < -0.39 is 0 Å². The molecule has 0 saturated heterocycles. The quantitative estimate of drug-likeness (QED) is 0.913. The molecule has 98 valence electrons. The predicted octanol–water partition coefficient (Wildman–Crippen LogP) is 2.10. The number of anilines is 2. The van der Waals surface area contributed by atoms with Gasteiger partial charge in [0.2, 0.25) is 0 Å². The van der Waals surface area contributed by atoms with Gasteiger partial charge in [0.05, 0.1) is 23.1 Å². The molecular weight excluding hydrogens is 240 g/mol. The van der Waals surface area contributed by atoms with E-state index in [1.165, 1.54) is 0 Å². The van der Waals surface area contributed by atoms with Gasteiger partial charge in [-0.2, -0.15) is 0 Å². The number of hydrogen-bond donors (Lipinski definition) is 1. The van der Waals surface area contributed by atoms with Crippen LogP contribution in [-0.2, 0) is 0 Å². The van der Waals surface area contributed by atoms with Crippen molar-refractivity contribution in [3.8, 4) is 0 Å². The molecule has 0 saturated carbocycles. The second-order valence-electron chi connectivity index (χ2n) is 4.20. The third-order valence-electron chi connectivity index (χ3n) is 2.88. The zero-order valence-electron chi connectivity index (χ0n) is 11.2. The number of pyridine rings is 2. The maximum absolute atomic E-state index is 12.5. The molecule has 0 aliphatic carbocycles. The average Bonchev–Trinajstić information content (AvgIpc) is 2.46. The zero-order chi connectivity index (χ0) is 13.8. The molecule has 19 heavy (non-hydrogen) atoms. The third-order valence-corrected chi connectivity index (χ3v) is 2.88. The summed E-state index contributed by atoms with van der Waals surface area (Å²) in [6, 6.07) is 5.49. The first-order valence-electron chi connectivity index (χ1n) is 5.96. The summed E-state index contributed by atoms with van der Waals surface area (Å²) < 4.78 is 0. The number of nitrogens with one attached hydrogen (secondary N) is 1.